The van der Waals surface area contributed by atoms with Crippen molar-refractivity contribution in [3.8, 4) is 0 Å². The fourth-order valence-corrected chi connectivity index (χ4v) is 9.26. The number of unbranched alkanes of at least 4 members (excludes halogenated alkanes) is 1. The van der Waals surface area contributed by atoms with Crippen LogP contribution in [0.4, 0.5) is 0 Å². The summed E-state index contributed by atoms with van der Waals surface area (Å²) in [5, 5.41) is 5.15. The molecule has 3 fully saturated rings. The van der Waals surface area contributed by atoms with Crippen molar-refractivity contribution in [3.63, 3.8) is 0 Å². The third-order valence-corrected chi connectivity index (χ3v) is 12.7. The van der Waals surface area contributed by atoms with Gasteiger partial charge in [-0.05, 0) is 97.9 Å². The Balaban J connectivity index is 0.806. The SMILES string of the molecule is O=C(/C=C/c1cccnc1)NCCCCC1CCN(C(=O)c2ccc(C3CCN(C(=O)CSc4cccc5c4C(=O)N(C4CCC(=O)NC4=O)C5=O)CC3)cc2)CC1. The van der Waals surface area contributed by atoms with Crippen LogP contribution in [0, 0.1) is 5.92 Å². The van der Waals surface area contributed by atoms with Gasteiger partial charge in [0.2, 0.25) is 23.6 Å². The van der Waals surface area contributed by atoms with Crippen LogP contribution in [0.1, 0.15) is 106 Å². The highest BCUT2D eigenvalue weighted by Gasteiger charge is 2.45. The Hall–Kier alpha value is -5.63. The molecule has 3 saturated heterocycles. The maximum atomic E-state index is 13.4. The summed E-state index contributed by atoms with van der Waals surface area (Å²) >= 11 is 1.21. The predicted molar refractivity (Wildman–Crippen MR) is 218 cm³/mol. The molecule has 2 aromatic carbocycles. The highest BCUT2D eigenvalue weighted by Crippen LogP contribution is 2.35. The first-order valence-corrected chi connectivity index (χ1v) is 21.1. The molecule has 58 heavy (non-hydrogen) atoms. The summed E-state index contributed by atoms with van der Waals surface area (Å²) in [5.41, 5.74) is 3.11. The molecule has 7 amide bonds. The molecule has 0 bridgehead atoms. The highest BCUT2D eigenvalue weighted by molar-refractivity contribution is 8.00. The number of benzene rings is 2. The Morgan fingerprint density at radius 3 is 2.33 bits per heavy atom. The molecule has 0 radical (unpaired) electrons. The van der Waals surface area contributed by atoms with Gasteiger partial charge in [-0.2, -0.15) is 0 Å². The number of imide groups is 2. The van der Waals surface area contributed by atoms with Gasteiger partial charge in [-0.3, -0.25) is 48.8 Å². The van der Waals surface area contributed by atoms with E-state index in [1.165, 1.54) is 17.8 Å². The Labute approximate surface area is 342 Å². The zero-order valence-electron chi connectivity index (χ0n) is 32.4. The van der Waals surface area contributed by atoms with E-state index in [9.17, 15) is 33.6 Å². The summed E-state index contributed by atoms with van der Waals surface area (Å²) in [7, 11) is 0. The molecular formula is C44H48N6O7S. The molecule has 5 heterocycles. The van der Waals surface area contributed by atoms with Crippen LogP contribution < -0.4 is 10.6 Å². The van der Waals surface area contributed by atoms with Gasteiger partial charge in [-0.25, -0.2) is 0 Å². The van der Waals surface area contributed by atoms with Gasteiger partial charge in [0.1, 0.15) is 6.04 Å². The standard InChI is InChI=1S/C44H48N6O7S/c51-37(15-9-30-6-4-21-45-27-30)46-22-2-1-5-29-17-23-49(24-18-29)42(55)33-12-10-31(11-13-33)32-19-25-48(26-20-32)39(53)28-58-36-8-3-7-34-40(36)44(57)50(43(34)56)35-14-16-38(52)47-41(35)54/h3-4,6-13,15,21,27,29,32,35H,1-2,5,14,16-20,22-26,28H2,(H,46,51)(H,47,52,54)/b15-9+. The number of likely N-dealkylation sites (tertiary alicyclic amines) is 2. The summed E-state index contributed by atoms with van der Waals surface area (Å²) in [4.78, 5) is 98.7. The largest absolute Gasteiger partial charge is 0.353 e. The monoisotopic (exact) mass is 804 g/mol. The average molecular weight is 805 g/mol. The molecular weight excluding hydrogens is 757 g/mol. The van der Waals surface area contributed by atoms with E-state index >= 15 is 0 Å². The van der Waals surface area contributed by atoms with Crippen LogP contribution in [-0.4, -0.2) is 106 Å². The fraction of sp³-hybridized carbons (Fsp3) is 0.409. The number of nitrogens with zero attached hydrogens (tertiary/aromatic N) is 4. The number of carbonyl (C=O) groups is 7. The maximum absolute atomic E-state index is 13.4. The van der Waals surface area contributed by atoms with E-state index in [-0.39, 0.29) is 53.4 Å². The second kappa shape index (κ2) is 18.8. The van der Waals surface area contributed by atoms with E-state index in [2.05, 4.69) is 15.6 Å². The van der Waals surface area contributed by atoms with Gasteiger partial charge >= 0.3 is 0 Å². The quantitative estimate of drug-likeness (QED) is 0.107. The molecule has 4 aliphatic heterocycles. The van der Waals surface area contributed by atoms with Crippen molar-refractivity contribution < 1.29 is 33.6 Å². The number of rotatable bonds is 13. The first kappa shape index (κ1) is 40.6. The van der Waals surface area contributed by atoms with E-state index in [0.717, 1.165) is 74.1 Å². The van der Waals surface area contributed by atoms with Crippen LogP contribution in [0.5, 0.6) is 0 Å². The van der Waals surface area contributed by atoms with Gasteiger partial charge in [-0.1, -0.05) is 37.1 Å². The first-order chi connectivity index (χ1) is 28.2. The number of amides is 7. The Morgan fingerprint density at radius 2 is 1.60 bits per heavy atom. The molecule has 1 unspecified atom stereocenters. The molecule has 14 heteroatoms. The second-order valence-corrected chi connectivity index (χ2v) is 16.4. The van der Waals surface area contributed by atoms with Gasteiger partial charge in [0.25, 0.3) is 17.7 Å². The Kier molecular flexibility index (Phi) is 13.1. The molecule has 0 spiro atoms. The number of nitrogens with one attached hydrogen (secondary N) is 2. The van der Waals surface area contributed by atoms with Gasteiger partial charge in [0.05, 0.1) is 16.9 Å². The van der Waals surface area contributed by atoms with Crippen molar-refractivity contribution in [1.82, 2.24) is 30.3 Å². The summed E-state index contributed by atoms with van der Waals surface area (Å²) in [6, 6.07) is 15.5. The molecule has 1 atom stereocenters. The lowest BCUT2D eigenvalue weighted by molar-refractivity contribution is -0.136. The fourth-order valence-electron chi connectivity index (χ4n) is 8.28. The van der Waals surface area contributed by atoms with Crippen molar-refractivity contribution in [3.05, 3.63) is 101 Å². The van der Waals surface area contributed by atoms with Gasteiger partial charge < -0.3 is 15.1 Å². The van der Waals surface area contributed by atoms with Gasteiger partial charge in [0, 0.05) is 68.1 Å². The highest BCUT2D eigenvalue weighted by atomic mass is 32.2. The molecule has 0 saturated carbocycles. The van der Waals surface area contributed by atoms with Crippen LogP contribution in [0.25, 0.3) is 6.08 Å². The topological polar surface area (TPSA) is 166 Å². The molecule has 13 nitrogen and oxygen atoms in total. The molecule has 1 aromatic heterocycles. The number of carbonyl (C=O) groups excluding carboxylic acids is 7. The molecule has 3 aromatic rings. The third kappa shape index (κ3) is 9.55. The number of aromatic nitrogens is 1. The first-order valence-electron chi connectivity index (χ1n) is 20.2. The predicted octanol–water partition coefficient (Wildman–Crippen LogP) is 4.83. The van der Waals surface area contributed by atoms with E-state index in [0.29, 0.717) is 36.0 Å². The van der Waals surface area contributed by atoms with Crippen molar-refractivity contribution in [2.45, 2.75) is 74.6 Å². The number of piperidine rings is 3. The van der Waals surface area contributed by atoms with Crippen molar-refractivity contribution in [2.24, 2.45) is 5.92 Å². The number of thioether (sulfide) groups is 1. The zero-order chi connectivity index (χ0) is 40.6. The summed E-state index contributed by atoms with van der Waals surface area (Å²) in [5.74, 6) is -1.40. The molecule has 302 valence electrons. The summed E-state index contributed by atoms with van der Waals surface area (Å²) in [6.07, 6.45) is 13.4. The summed E-state index contributed by atoms with van der Waals surface area (Å²) < 4.78 is 0. The lowest BCUT2D eigenvalue weighted by Gasteiger charge is -2.33. The Morgan fingerprint density at radius 1 is 0.845 bits per heavy atom. The molecule has 0 aliphatic carbocycles. The molecule has 7 rings (SSSR count). The minimum Gasteiger partial charge on any atom is -0.353 e. The normalized spacial score (nSPS) is 19.1. The molecule has 2 N–H and O–H groups in total. The lowest BCUT2D eigenvalue weighted by atomic mass is 9.88. The maximum Gasteiger partial charge on any atom is 0.263 e. The lowest BCUT2D eigenvalue weighted by Crippen LogP contribution is -2.54. The van der Waals surface area contributed by atoms with Crippen molar-refractivity contribution >= 4 is 59.2 Å². The van der Waals surface area contributed by atoms with E-state index in [1.54, 1.807) is 36.7 Å². The van der Waals surface area contributed by atoms with E-state index in [1.807, 2.05) is 46.2 Å². The van der Waals surface area contributed by atoms with E-state index < -0.39 is 29.7 Å². The van der Waals surface area contributed by atoms with Crippen LogP contribution in [0.15, 0.2) is 78.0 Å². The smallest absolute Gasteiger partial charge is 0.263 e. The van der Waals surface area contributed by atoms with E-state index in [4.69, 9.17) is 0 Å². The zero-order valence-corrected chi connectivity index (χ0v) is 33.2. The summed E-state index contributed by atoms with van der Waals surface area (Å²) in [6.45, 7) is 3.31. The number of fused-ring (bicyclic) bond motifs is 1. The van der Waals surface area contributed by atoms with Crippen molar-refractivity contribution in [2.75, 3.05) is 38.5 Å². The van der Waals surface area contributed by atoms with Gasteiger partial charge in [-0.15, -0.1) is 11.8 Å². The number of hydrogen-bond donors (Lipinski definition) is 2. The minimum absolute atomic E-state index is 0.0443. The Bertz CT molecular complexity index is 2070. The average Bonchev–Trinajstić information content (AvgIpc) is 3.51. The molecule has 4 aliphatic rings. The number of hydrogen-bond acceptors (Lipinski definition) is 9. The second-order valence-electron chi connectivity index (χ2n) is 15.3. The minimum atomic E-state index is -1.05. The van der Waals surface area contributed by atoms with Crippen molar-refractivity contribution in [1.29, 1.82) is 0 Å². The van der Waals surface area contributed by atoms with Crippen LogP contribution in [0.2, 0.25) is 0 Å². The van der Waals surface area contributed by atoms with Crippen LogP contribution >= 0.6 is 11.8 Å². The van der Waals surface area contributed by atoms with Gasteiger partial charge in [0.15, 0.2) is 0 Å². The number of pyridine rings is 1. The van der Waals surface area contributed by atoms with Crippen LogP contribution in [0.3, 0.4) is 0 Å². The third-order valence-electron chi connectivity index (χ3n) is 11.6. The van der Waals surface area contributed by atoms with Crippen LogP contribution in [-0.2, 0) is 19.2 Å².